The Kier molecular flexibility index (Phi) is 6.57. The van der Waals surface area contributed by atoms with Crippen LogP contribution in [0.3, 0.4) is 0 Å². The van der Waals surface area contributed by atoms with E-state index in [1.54, 1.807) is 0 Å². The third kappa shape index (κ3) is 5.63. The summed E-state index contributed by atoms with van der Waals surface area (Å²) in [5, 5.41) is 20.1. The van der Waals surface area contributed by atoms with E-state index in [9.17, 15) is 0 Å². The van der Waals surface area contributed by atoms with Gasteiger partial charge in [-0.05, 0) is 21.5 Å². The zero-order valence-electron chi connectivity index (χ0n) is 12.5. The van der Waals surface area contributed by atoms with Crippen molar-refractivity contribution in [3.05, 3.63) is 60.7 Å². The molecule has 0 saturated carbocycles. The first kappa shape index (κ1) is 17.2. The summed E-state index contributed by atoms with van der Waals surface area (Å²) in [6, 6.07) is 21.4. The molecule has 0 saturated heterocycles. The van der Waals surface area contributed by atoms with E-state index in [2.05, 4.69) is 60.7 Å². The summed E-state index contributed by atoms with van der Waals surface area (Å²) >= 11 is 0. The second kappa shape index (κ2) is 8.42. The van der Waals surface area contributed by atoms with Crippen LogP contribution >= 0.6 is 0 Å². The predicted molar refractivity (Wildman–Crippen MR) is 88.1 cm³/mol. The number of hydrogen-bond donors (Lipinski definition) is 2. The van der Waals surface area contributed by atoms with Crippen LogP contribution in [0.5, 0.6) is 0 Å². The van der Waals surface area contributed by atoms with Crippen molar-refractivity contribution in [2.75, 3.05) is 0 Å². The smallest absolute Gasteiger partial charge is 0.300 e. The lowest BCUT2D eigenvalue weighted by Gasteiger charge is -2.02. The second-order valence-electron chi connectivity index (χ2n) is 4.55. The fourth-order valence-corrected chi connectivity index (χ4v) is 1.95. The van der Waals surface area contributed by atoms with Crippen molar-refractivity contribution in [2.24, 2.45) is 0 Å². The molecule has 0 atom stereocenters. The van der Waals surface area contributed by atoms with Gasteiger partial charge in [-0.3, -0.25) is 9.59 Å². The van der Waals surface area contributed by atoms with Gasteiger partial charge in [0.15, 0.2) is 0 Å². The number of fused-ring (bicyclic) bond motifs is 3. The molecule has 22 heavy (non-hydrogen) atoms. The number of benzene rings is 3. The third-order valence-corrected chi connectivity index (χ3v) is 2.65. The maximum absolute atomic E-state index is 9.00. The number of hydrogen-bond acceptors (Lipinski definition) is 2. The Balaban J connectivity index is 0.000000257. The van der Waals surface area contributed by atoms with Crippen molar-refractivity contribution >= 4 is 33.5 Å². The van der Waals surface area contributed by atoms with E-state index in [1.807, 2.05) is 0 Å². The predicted octanol–water partition coefficient (Wildman–Crippen LogP) is 4.17. The average Bonchev–Trinajstić information content (AvgIpc) is 2.46. The molecule has 0 aliphatic carbocycles. The molecule has 3 rings (SSSR count). The summed E-state index contributed by atoms with van der Waals surface area (Å²) in [5.41, 5.74) is 0. The number of carbonyl (C=O) groups is 2. The first-order valence-corrected chi connectivity index (χ1v) is 6.67. The first-order valence-electron chi connectivity index (χ1n) is 6.67. The Morgan fingerprint density at radius 1 is 0.636 bits per heavy atom. The zero-order chi connectivity index (χ0) is 16.5. The summed E-state index contributed by atoms with van der Waals surface area (Å²) in [5.74, 6) is -1.67. The maximum atomic E-state index is 9.00. The molecule has 0 radical (unpaired) electrons. The summed E-state index contributed by atoms with van der Waals surface area (Å²) < 4.78 is 0. The molecule has 3 aromatic rings. The lowest BCUT2D eigenvalue weighted by molar-refractivity contribution is -0.135. The van der Waals surface area contributed by atoms with Crippen molar-refractivity contribution in [2.45, 2.75) is 13.8 Å². The second-order valence-corrected chi connectivity index (χ2v) is 4.55. The average molecular weight is 298 g/mol. The minimum atomic E-state index is -0.833. The van der Waals surface area contributed by atoms with Gasteiger partial charge in [-0.15, -0.1) is 0 Å². The third-order valence-electron chi connectivity index (χ3n) is 2.65. The van der Waals surface area contributed by atoms with Crippen LogP contribution in [0.25, 0.3) is 21.5 Å². The van der Waals surface area contributed by atoms with Gasteiger partial charge in [0.1, 0.15) is 0 Å². The highest BCUT2D eigenvalue weighted by molar-refractivity contribution is 6.07. The van der Waals surface area contributed by atoms with Gasteiger partial charge in [-0.2, -0.15) is 0 Å². The van der Waals surface area contributed by atoms with Gasteiger partial charge < -0.3 is 10.2 Å². The molecule has 0 fully saturated rings. The van der Waals surface area contributed by atoms with Crippen molar-refractivity contribution < 1.29 is 19.8 Å². The molecule has 0 amide bonds. The molecule has 4 heteroatoms. The van der Waals surface area contributed by atoms with Crippen LogP contribution in [-0.2, 0) is 9.59 Å². The van der Waals surface area contributed by atoms with E-state index < -0.39 is 11.9 Å². The van der Waals surface area contributed by atoms with Gasteiger partial charge in [0.2, 0.25) is 0 Å². The number of aliphatic carboxylic acids is 2. The van der Waals surface area contributed by atoms with E-state index in [0.29, 0.717) is 0 Å². The Morgan fingerprint density at radius 3 is 1.23 bits per heavy atom. The highest BCUT2D eigenvalue weighted by Gasteiger charge is 1.97. The quantitative estimate of drug-likeness (QED) is 0.611. The van der Waals surface area contributed by atoms with Gasteiger partial charge >= 0.3 is 0 Å². The largest absolute Gasteiger partial charge is 0.481 e. The number of carboxylic acid groups (broad SMARTS) is 2. The van der Waals surface area contributed by atoms with E-state index in [0.717, 1.165) is 13.8 Å². The topological polar surface area (TPSA) is 74.6 Å². The Hall–Kier alpha value is -2.88. The van der Waals surface area contributed by atoms with Crippen LogP contribution in [0, 0.1) is 0 Å². The molecule has 0 unspecified atom stereocenters. The van der Waals surface area contributed by atoms with E-state index in [-0.39, 0.29) is 0 Å². The molecule has 3 aromatic carbocycles. The molecule has 0 aliphatic rings. The highest BCUT2D eigenvalue weighted by atomic mass is 16.4. The summed E-state index contributed by atoms with van der Waals surface area (Å²) in [6.45, 7) is 2.17. The molecule has 0 aromatic heterocycles. The summed E-state index contributed by atoms with van der Waals surface area (Å²) in [6.07, 6.45) is 0. The zero-order valence-corrected chi connectivity index (χ0v) is 12.5. The molecular formula is C18H18O4. The van der Waals surface area contributed by atoms with Gasteiger partial charge in [-0.25, -0.2) is 0 Å². The van der Waals surface area contributed by atoms with Gasteiger partial charge in [0.05, 0.1) is 0 Å². The van der Waals surface area contributed by atoms with Gasteiger partial charge in [-0.1, -0.05) is 60.7 Å². The normalized spacial score (nSPS) is 9.18. The molecule has 0 bridgehead atoms. The Morgan fingerprint density at radius 2 is 0.909 bits per heavy atom. The van der Waals surface area contributed by atoms with E-state index in [4.69, 9.17) is 19.8 Å². The van der Waals surface area contributed by atoms with Crippen LogP contribution in [0.1, 0.15) is 13.8 Å². The first-order chi connectivity index (χ1) is 10.4. The fourth-order valence-electron chi connectivity index (χ4n) is 1.95. The fraction of sp³-hybridized carbons (Fsp3) is 0.111. The van der Waals surface area contributed by atoms with Crippen LogP contribution in [0.4, 0.5) is 0 Å². The van der Waals surface area contributed by atoms with Crippen molar-refractivity contribution in [3.63, 3.8) is 0 Å². The summed E-state index contributed by atoms with van der Waals surface area (Å²) in [4.78, 5) is 18.0. The minimum absolute atomic E-state index is 0.833. The van der Waals surface area contributed by atoms with Gasteiger partial charge in [0, 0.05) is 13.8 Å². The molecule has 0 spiro atoms. The number of carboxylic acids is 2. The lowest BCUT2D eigenvalue weighted by Crippen LogP contribution is -1.78. The standard InChI is InChI=1S/C14H10.2C2H4O2/c1-3-7-13-11(5-1)9-10-12-6-2-4-8-14(12)13;2*1-2(3)4/h1-10H;2*1H3,(H,3,4). The van der Waals surface area contributed by atoms with Gasteiger partial charge in [0.25, 0.3) is 11.9 Å². The summed E-state index contributed by atoms with van der Waals surface area (Å²) in [7, 11) is 0. The monoisotopic (exact) mass is 298 g/mol. The van der Waals surface area contributed by atoms with Crippen molar-refractivity contribution in [1.29, 1.82) is 0 Å². The van der Waals surface area contributed by atoms with Crippen LogP contribution in [-0.4, -0.2) is 22.2 Å². The Labute approximate surface area is 128 Å². The van der Waals surface area contributed by atoms with Crippen LogP contribution < -0.4 is 0 Å². The Bertz CT molecular complexity index is 703. The van der Waals surface area contributed by atoms with Crippen LogP contribution in [0.2, 0.25) is 0 Å². The maximum Gasteiger partial charge on any atom is 0.300 e. The highest BCUT2D eigenvalue weighted by Crippen LogP contribution is 2.24. The molecule has 2 N–H and O–H groups in total. The molecule has 114 valence electrons. The SMILES string of the molecule is CC(=O)O.CC(=O)O.c1ccc2c(c1)ccc1ccccc12. The van der Waals surface area contributed by atoms with E-state index >= 15 is 0 Å². The van der Waals surface area contributed by atoms with Crippen molar-refractivity contribution in [3.8, 4) is 0 Å². The minimum Gasteiger partial charge on any atom is -0.481 e. The van der Waals surface area contributed by atoms with E-state index in [1.165, 1.54) is 21.5 Å². The van der Waals surface area contributed by atoms with Crippen LogP contribution in [0.15, 0.2) is 60.7 Å². The molecule has 0 aliphatic heterocycles. The molecule has 0 heterocycles. The lowest BCUT2D eigenvalue weighted by atomic mass is 10.0. The molecular weight excluding hydrogens is 280 g/mol. The number of rotatable bonds is 0. The van der Waals surface area contributed by atoms with Crippen molar-refractivity contribution in [1.82, 2.24) is 0 Å². The molecule has 4 nitrogen and oxygen atoms in total.